The van der Waals surface area contributed by atoms with Gasteiger partial charge in [0.1, 0.15) is 5.82 Å². The molecule has 0 fully saturated rings. The topological polar surface area (TPSA) is 88.8 Å². The van der Waals surface area contributed by atoms with E-state index in [0.29, 0.717) is 5.02 Å². The van der Waals surface area contributed by atoms with Crippen molar-refractivity contribution in [3.8, 4) is 22.5 Å². The molecule has 4 rings (SSSR count). The lowest BCUT2D eigenvalue weighted by Crippen LogP contribution is -2.11. The molecule has 1 heterocycles. The van der Waals surface area contributed by atoms with E-state index < -0.39 is 10.0 Å². The van der Waals surface area contributed by atoms with Gasteiger partial charge in [0.2, 0.25) is 10.0 Å². The molecule has 0 amide bonds. The van der Waals surface area contributed by atoms with Gasteiger partial charge in [0, 0.05) is 22.6 Å². The fourth-order valence-corrected chi connectivity index (χ4v) is 3.93. The molecule has 0 spiro atoms. The second kappa shape index (κ2) is 8.44. The number of nitrogens with two attached hydrogens (primary N) is 1. The fourth-order valence-electron chi connectivity index (χ4n) is 3.28. The molecule has 0 radical (unpaired) electrons. The van der Waals surface area contributed by atoms with Gasteiger partial charge in [-0.05, 0) is 36.2 Å². The van der Waals surface area contributed by atoms with Crippen LogP contribution in [0.2, 0.25) is 5.02 Å². The highest BCUT2D eigenvalue weighted by Gasteiger charge is 2.16. The van der Waals surface area contributed by atoms with Crippen LogP contribution in [0.15, 0.2) is 83.8 Å². The number of H-pyrrole nitrogens is 1. The Hall–Kier alpha value is -2.93. The third kappa shape index (κ3) is 4.62. The van der Waals surface area contributed by atoms with Gasteiger partial charge < -0.3 is 4.98 Å². The Labute approximate surface area is 180 Å². The number of nitrogens with one attached hydrogen (secondary N) is 1. The Kier molecular flexibility index (Phi) is 5.72. The normalized spacial score (nSPS) is 11.5. The Morgan fingerprint density at radius 1 is 0.833 bits per heavy atom. The van der Waals surface area contributed by atoms with Gasteiger partial charge >= 0.3 is 0 Å². The molecule has 0 saturated carbocycles. The van der Waals surface area contributed by atoms with Crippen molar-refractivity contribution in [3.63, 3.8) is 0 Å². The molecule has 30 heavy (non-hydrogen) atoms. The van der Waals surface area contributed by atoms with E-state index in [0.717, 1.165) is 41.2 Å². The molecule has 0 unspecified atom stereocenters. The molecule has 0 aliphatic carbocycles. The largest absolute Gasteiger partial charge is 0.341 e. The van der Waals surface area contributed by atoms with Crippen molar-refractivity contribution in [2.24, 2.45) is 5.14 Å². The van der Waals surface area contributed by atoms with Crippen LogP contribution in [0.5, 0.6) is 0 Å². The smallest absolute Gasteiger partial charge is 0.238 e. The lowest BCUT2D eigenvalue weighted by atomic mass is 10.1. The molecular weight excluding hydrogens is 418 g/mol. The summed E-state index contributed by atoms with van der Waals surface area (Å²) in [5.41, 5.74) is 4.60. The summed E-state index contributed by atoms with van der Waals surface area (Å²) in [4.78, 5) is 8.32. The van der Waals surface area contributed by atoms with Crippen molar-refractivity contribution >= 4 is 21.6 Å². The number of aromatic amines is 1. The predicted molar refractivity (Wildman–Crippen MR) is 120 cm³/mol. The molecule has 1 aromatic heterocycles. The molecule has 152 valence electrons. The number of hydrogen-bond acceptors (Lipinski definition) is 3. The van der Waals surface area contributed by atoms with Crippen molar-refractivity contribution in [2.45, 2.75) is 17.7 Å². The highest BCUT2D eigenvalue weighted by molar-refractivity contribution is 7.89. The van der Waals surface area contributed by atoms with Gasteiger partial charge in [-0.25, -0.2) is 18.5 Å². The van der Waals surface area contributed by atoms with Crippen molar-refractivity contribution in [1.82, 2.24) is 9.97 Å². The van der Waals surface area contributed by atoms with Gasteiger partial charge in [0.15, 0.2) is 0 Å². The van der Waals surface area contributed by atoms with Crippen molar-refractivity contribution in [3.05, 3.63) is 95.3 Å². The maximum atomic E-state index is 11.6. The summed E-state index contributed by atoms with van der Waals surface area (Å²) in [6, 6.07) is 24.2. The molecule has 5 nitrogen and oxygen atoms in total. The van der Waals surface area contributed by atoms with Crippen LogP contribution in [0.3, 0.4) is 0 Å². The average molecular weight is 438 g/mol. The summed E-state index contributed by atoms with van der Waals surface area (Å²) < 4.78 is 23.1. The minimum atomic E-state index is -3.74. The SMILES string of the molecule is NS(=O)(=O)c1ccc(-c2[nH]c(CCc3ccccc3)nc2-c2ccc(Cl)cc2)cc1. The fraction of sp³-hybridized carbons (Fsp3) is 0.0870. The zero-order chi connectivity index (χ0) is 21.1. The van der Waals surface area contributed by atoms with Gasteiger partial charge in [-0.1, -0.05) is 66.2 Å². The summed E-state index contributed by atoms with van der Waals surface area (Å²) in [5, 5.41) is 5.87. The third-order valence-electron chi connectivity index (χ3n) is 4.84. The lowest BCUT2D eigenvalue weighted by Gasteiger charge is -2.05. The summed E-state index contributed by atoms with van der Waals surface area (Å²) in [7, 11) is -3.74. The maximum Gasteiger partial charge on any atom is 0.238 e. The molecule has 4 aromatic rings. The van der Waals surface area contributed by atoms with Crippen LogP contribution in [-0.4, -0.2) is 18.4 Å². The summed E-state index contributed by atoms with van der Waals surface area (Å²) in [6.45, 7) is 0. The second-order valence-electron chi connectivity index (χ2n) is 6.97. The van der Waals surface area contributed by atoms with Crippen molar-refractivity contribution in [1.29, 1.82) is 0 Å². The molecule has 7 heteroatoms. The van der Waals surface area contributed by atoms with Gasteiger partial charge in [0.05, 0.1) is 16.3 Å². The maximum absolute atomic E-state index is 11.6. The Bertz CT molecular complexity index is 1250. The Balaban J connectivity index is 1.71. The summed E-state index contributed by atoms with van der Waals surface area (Å²) >= 11 is 6.04. The number of benzene rings is 3. The van der Waals surface area contributed by atoms with E-state index in [1.807, 2.05) is 42.5 Å². The van der Waals surface area contributed by atoms with Crippen LogP contribution in [-0.2, 0) is 22.9 Å². The summed E-state index contributed by atoms with van der Waals surface area (Å²) in [5.74, 6) is 0.856. The standard InChI is InChI=1S/C23H20ClN3O2S/c24-19-11-7-17(8-12-19)22-23(18-9-13-20(14-10-18)30(25,28)29)27-21(26-22)15-6-16-4-2-1-3-5-16/h1-5,7-14H,6,15H2,(H,26,27)(H2,25,28,29). The van der Waals surface area contributed by atoms with Gasteiger partial charge in [-0.15, -0.1) is 0 Å². The van der Waals surface area contributed by atoms with Gasteiger partial charge in [-0.3, -0.25) is 0 Å². The molecule has 0 aliphatic heterocycles. The predicted octanol–water partition coefficient (Wildman–Crippen LogP) is 4.83. The minimum absolute atomic E-state index is 0.0723. The lowest BCUT2D eigenvalue weighted by molar-refractivity contribution is 0.598. The number of imidazole rings is 1. The van der Waals surface area contributed by atoms with Crippen LogP contribution < -0.4 is 5.14 Å². The number of aromatic nitrogens is 2. The summed E-state index contributed by atoms with van der Waals surface area (Å²) in [6.07, 6.45) is 1.61. The molecule has 0 atom stereocenters. The number of sulfonamides is 1. The van der Waals surface area contributed by atoms with Crippen LogP contribution >= 0.6 is 11.6 Å². The van der Waals surface area contributed by atoms with E-state index in [9.17, 15) is 8.42 Å². The number of rotatable bonds is 6. The van der Waals surface area contributed by atoms with Crippen molar-refractivity contribution < 1.29 is 8.42 Å². The van der Waals surface area contributed by atoms with Gasteiger partial charge in [-0.2, -0.15) is 0 Å². The van der Waals surface area contributed by atoms with E-state index >= 15 is 0 Å². The van der Waals surface area contributed by atoms with Crippen LogP contribution in [0, 0.1) is 0 Å². The van der Waals surface area contributed by atoms with Crippen LogP contribution in [0.25, 0.3) is 22.5 Å². The third-order valence-corrected chi connectivity index (χ3v) is 6.02. The molecular formula is C23H20ClN3O2S. The number of hydrogen-bond donors (Lipinski definition) is 2. The average Bonchev–Trinajstić information content (AvgIpc) is 3.17. The Morgan fingerprint density at radius 2 is 1.47 bits per heavy atom. The number of aryl methyl sites for hydroxylation is 2. The van der Waals surface area contributed by atoms with E-state index in [-0.39, 0.29) is 4.90 Å². The number of halogens is 1. The molecule has 3 aromatic carbocycles. The first-order valence-electron chi connectivity index (χ1n) is 9.42. The van der Waals surface area contributed by atoms with Gasteiger partial charge in [0.25, 0.3) is 0 Å². The number of nitrogens with zero attached hydrogens (tertiary/aromatic N) is 1. The molecule has 0 saturated heterocycles. The van der Waals surface area contributed by atoms with Crippen LogP contribution in [0.4, 0.5) is 0 Å². The highest BCUT2D eigenvalue weighted by Crippen LogP contribution is 2.31. The molecule has 3 N–H and O–H groups in total. The van der Waals surface area contributed by atoms with E-state index in [4.69, 9.17) is 21.7 Å². The van der Waals surface area contributed by atoms with E-state index in [1.165, 1.54) is 17.7 Å². The first-order valence-corrected chi connectivity index (χ1v) is 11.3. The molecule has 0 bridgehead atoms. The zero-order valence-electron chi connectivity index (χ0n) is 16.0. The van der Waals surface area contributed by atoms with E-state index in [2.05, 4.69) is 17.1 Å². The highest BCUT2D eigenvalue weighted by atomic mass is 35.5. The minimum Gasteiger partial charge on any atom is -0.341 e. The van der Waals surface area contributed by atoms with E-state index in [1.54, 1.807) is 12.1 Å². The Morgan fingerprint density at radius 3 is 2.10 bits per heavy atom. The quantitative estimate of drug-likeness (QED) is 0.452. The first kappa shape index (κ1) is 20.3. The molecule has 0 aliphatic rings. The van der Waals surface area contributed by atoms with Crippen LogP contribution in [0.1, 0.15) is 11.4 Å². The monoisotopic (exact) mass is 437 g/mol. The zero-order valence-corrected chi connectivity index (χ0v) is 17.6. The first-order chi connectivity index (χ1) is 14.4. The number of primary sulfonamides is 1. The second-order valence-corrected chi connectivity index (χ2v) is 8.97. The van der Waals surface area contributed by atoms with Crippen molar-refractivity contribution in [2.75, 3.05) is 0 Å².